The zero-order valence-electron chi connectivity index (χ0n) is 10.9. The molecule has 0 bridgehead atoms. The minimum Gasteiger partial charge on any atom is -0.383 e. The van der Waals surface area contributed by atoms with E-state index in [2.05, 4.69) is 41.6 Å². The Morgan fingerprint density at radius 3 is 2.82 bits per heavy atom. The van der Waals surface area contributed by atoms with E-state index in [1.165, 1.54) is 9.75 Å². The molecule has 0 aliphatic carbocycles. The Hall–Kier alpha value is -1.07. The average molecular weight is 255 g/mol. The molecule has 0 saturated carbocycles. The number of hydrogen-bond donors (Lipinski definition) is 2. The molecule has 0 amide bonds. The molecule has 1 aromatic heterocycles. The number of aliphatic imine (C=N–C) groups is 1. The van der Waals surface area contributed by atoms with Crippen LogP contribution in [0, 0.1) is 6.92 Å². The average Bonchev–Trinajstić information content (AvgIpc) is 2.70. The summed E-state index contributed by atoms with van der Waals surface area (Å²) in [5.41, 5.74) is 0. The third-order valence-corrected chi connectivity index (χ3v) is 3.25. The Morgan fingerprint density at radius 1 is 1.53 bits per heavy atom. The van der Waals surface area contributed by atoms with Crippen LogP contribution in [0.3, 0.4) is 0 Å². The fourth-order valence-corrected chi connectivity index (χ4v) is 2.30. The molecule has 0 aliphatic heterocycles. The van der Waals surface area contributed by atoms with Gasteiger partial charge < -0.3 is 15.4 Å². The van der Waals surface area contributed by atoms with E-state index in [0.717, 1.165) is 12.5 Å². The van der Waals surface area contributed by atoms with Crippen LogP contribution in [0.1, 0.15) is 16.7 Å². The molecule has 0 saturated heterocycles. The van der Waals surface area contributed by atoms with Crippen molar-refractivity contribution >= 4 is 17.3 Å². The van der Waals surface area contributed by atoms with Gasteiger partial charge in [0.15, 0.2) is 5.96 Å². The van der Waals surface area contributed by atoms with Crippen LogP contribution in [0.4, 0.5) is 0 Å². The Kier molecular flexibility index (Phi) is 6.00. The monoisotopic (exact) mass is 255 g/mol. The first-order valence-corrected chi connectivity index (χ1v) is 6.48. The molecule has 17 heavy (non-hydrogen) atoms. The zero-order valence-corrected chi connectivity index (χ0v) is 11.7. The molecule has 96 valence electrons. The maximum Gasteiger partial charge on any atom is 0.191 e. The molecule has 1 atom stereocenters. The third kappa shape index (κ3) is 5.19. The Balaban J connectivity index is 2.37. The summed E-state index contributed by atoms with van der Waals surface area (Å²) < 4.78 is 5.07. The number of nitrogens with one attached hydrogen (secondary N) is 2. The Bertz CT molecular complexity index is 362. The molecule has 0 spiro atoms. The van der Waals surface area contributed by atoms with E-state index in [4.69, 9.17) is 4.74 Å². The lowest BCUT2D eigenvalue weighted by molar-refractivity contribution is 0.179. The fraction of sp³-hybridized carbons (Fsp3) is 0.583. The van der Waals surface area contributed by atoms with E-state index in [0.29, 0.717) is 6.61 Å². The maximum atomic E-state index is 5.07. The lowest BCUT2D eigenvalue weighted by atomic mass is 10.4. The van der Waals surface area contributed by atoms with Crippen molar-refractivity contribution in [3.05, 3.63) is 21.9 Å². The largest absolute Gasteiger partial charge is 0.383 e. The minimum absolute atomic E-state index is 0.247. The van der Waals surface area contributed by atoms with Crippen molar-refractivity contribution < 1.29 is 4.74 Å². The van der Waals surface area contributed by atoms with E-state index in [1.807, 2.05) is 0 Å². The highest BCUT2D eigenvalue weighted by atomic mass is 32.1. The summed E-state index contributed by atoms with van der Waals surface area (Å²) in [6.45, 7) is 5.64. The number of guanidine groups is 1. The summed E-state index contributed by atoms with van der Waals surface area (Å²) in [5.74, 6) is 0.806. The first-order valence-electron chi connectivity index (χ1n) is 5.67. The van der Waals surface area contributed by atoms with Gasteiger partial charge in [-0.3, -0.25) is 4.99 Å². The van der Waals surface area contributed by atoms with Crippen LogP contribution in [0.5, 0.6) is 0 Å². The van der Waals surface area contributed by atoms with Crippen molar-refractivity contribution in [2.24, 2.45) is 4.99 Å². The number of nitrogens with zero attached hydrogens (tertiary/aromatic N) is 1. The molecule has 2 N–H and O–H groups in total. The summed E-state index contributed by atoms with van der Waals surface area (Å²) in [7, 11) is 3.47. The summed E-state index contributed by atoms with van der Waals surface area (Å²) in [5, 5.41) is 6.55. The fourth-order valence-electron chi connectivity index (χ4n) is 1.47. The molecule has 5 heteroatoms. The quantitative estimate of drug-likeness (QED) is 0.622. The standard InChI is InChI=1S/C12H21N3OS/c1-9(8-16-4)15-12(13-3)14-7-11-6-5-10(2)17-11/h5-6,9H,7-8H2,1-4H3,(H2,13,14,15). The van der Waals surface area contributed by atoms with Gasteiger partial charge in [0.05, 0.1) is 13.2 Å². The van der Waals surface area contributed by atoms with Gasteiger partial charge in [-0.15, -0.1) is 11.3 Å². The van der Waals surface area contributed by atoms with E-state index in [1.54, 1.807) is 25.5 Å². The van der Waals surface area contributed by atoms with Crippen LogP contribution in [0.15, 0.2) is 17.1 Å². The van der Waals surface area contributed by atoms with Gasteiger partial charge in [-0.1, -0.05) is 0 Å². The number of rotatable bonds is 5. The van der Waals surface area contributed by atoms with Gasteiger partial charge in [-0.05, 0) is 26.0 Å². The SMILES string of the molecule is CN=C(NCc1ccc(C)s1)NC(C)COC. The lowest BCUT2D eigenvalue weighted by Crippen LogP contribution is -2.43. The van der Waals surface area contributed by atoms with Gasteiger partial charge in [0.25, 0.3) is 0 Å². The van der Waals surface area contributed by atoms with Crippen LogP contribution in [-0.4, -0.2) is 32.8 Å². The number of methoxy groups -OCH3 is 1. The predicted molar refractivity (Wildman–Crippen MR) is 73.7 cm³/mol. The van der Waals surface area contributed by atoms with E-state index in [9.17, 15) is 0 Å². The smallest absolute Gasteiger partial charge is 0.191 e. The van der Waals surface area contributed by atoms with Gasteiger partial charge in [0, 0.05) is 30.0 Å². The topological polar surface area (TPSA) is 45.7 Å². The summed E-state index contributed by atoms with van der Waals surface area (Å²) >= 11 is 1.80. The van der Waals surface area contributed by atoms with Crippen molar-refractivity contribution in [1.82, 2.24) is 10.6 Å². The second kappa shape index (κ2) is 7.29. The normalized spacial score (nSPS) is 13.5. The van der Waals surface area contributed by atoms with E-state index < -0.39 is 0 Å². The van der Waals surface area contributed by atoms with Gasteiger partial charge in [-0.2, -0.15) is 0 Å². The summed E-state index contributed by atoms with van der Waals surface area (Å²) in [4.78, 5) is 6.82. The highest BCUT2D eigenvalue weighted by Crippen LogP contribution is 2.14. The molecule has 1 rings (SSSR count). The number of hydrogen-bond acceptors (Lipinski definition) is 3. The number of thiophene rings is 1. The Labute approximate surface area is 107 Å². The van der Waals surface area contributed by atoms with Crippen molar-refractivity contribution in [2.75, 3.05) is 20.8 Å². The van der Waals surface area contributed by atoms with Crippen LogP contribution in [0.25, 0.3) is 0 Å². The number of aryl methyl sites for hydroxylation is 1. The molecule has 0 aromatic carbocycles. The highest BCUT2D eigenvalue weighted by Gasteiger charge is 2.04. The van der Waals surface area contributed by atoms with Gasteiger partial charge >= 0.3 is 0 Å². The Morgan fingerprint density at radius 2 is 2.29 bits per heavy atom. The minimum atomic E-state index is 0.247. The van der Waals surface area contributed by atoms with Crippen LogP contribution >= 0.6 is 11.3 Å². The molecule has 1 unspecified atom stereocenters. The van der Waals surface area contributed by atoms with Gasteiger partial charge in [0.2, 0.25) is 0 Å². The molecule has 0 aliphatic rings. The van der Waals surface area contributed by atoms with Crippen LogP contribution in [0.2, 0.25) is 0 Å². The van der Waals surface area contributed by atoms with Gasteiger partial charge in [-0.25, -0.2) is 0 Å². The van der Waals surface area contributed by atoms with Crippen LogP contribution < -0.4 is 10.6 Å². The zero-order chi connectivity index (χ0) is 12.7. The summed E-state index contributed by atoms with van der Waals surface area (Å²) in [6.07, 6.45) is 0. The number of ether oxygens (including phenoxy) is 1. The highest BCUT2D eigenvalue weighted by molar-refractivity contribution is 7.11. The predicted octanol–water partition coefficient (Wildman–Crippen LogP) is 1.76. The molecule has 1 heterocycles. The molecular formula is C12H21N3OS. The first-order chi connectivity index (χ1) is 8.15. The molecule has 4 nitrogen and oxygen atoms in total. The van der Waals surface area contributed by atoms with Crippen molar-refractivity contribution in [3.63, 3.8) is 0 Å². The third-order valence-electron chi connectivity index (χ3n) is 2.25. The molecule has 0 fully saturated rings. The molecular weight excluding hydrogens is 234 g/mol. The maximum absolute atomic E-state index is 5.07. The molecule has 0 radical (unpaired) electrons. The van der Waals surface area contributed by atoms with E-state index in [-0.39, 0.29) is 6.04 Å². The second-order valence-electron chi connectivity index (χ2n) is 3.94. The van der Waals surface area contributed by atoms with Crippen molar-refractivity contribution in [2.45, 2.75) is 26.4 Å². The van der Waals surface area contributed by atoms with Crippen molar-refractivity contribution in [3.8, 4) is 0 Å². The lowest BCUT2D eigenvalue weighted by Gasteiger charge is -2.16. The second-order valence-corrected chi connectivity index (χ2v) is 5.31. The van der Waals surface area contributed by atoms with E-state index >= 15 is 0 Å². The van der Waals surface area contributed by atoms with Crippen LogP contribution in [-0.2, 0) is 11.3 Å². The summed E-state index contributed by atoms with van der Waals surface area (Å²) in [6, 6.07) is 4.51. The van der Waals surface area contributed by atoms with Crippen molar-refractivity contribution in [1.29, 1.82) is 0 Å². The molecule has 1 aromatic rings. The van der Waals surface area contributed by atoms with Gasteiger partial charge in [0.1, 0.15) is 0 Å². The first kappa shape index (κ1) is 14.0.